The molecule has 0 spiro atoms. The molecule has 6 aromatic carbocycles. The van der Waals surface area contributed by atoms with Gasteiger partial charge in [0, 0.05) is 9.60 Å². The zero-order chi connectivity index (χ0) is 34.4. The first-order valence-corrected chi connectivity index (χ1v) is 15.4. The van der Waals surface area contributed by atoms with Crippen LogP contribution in [0, 0.1) is 11.8 Å². The molecule has 1 heteroatoms. The second-order valence-electron chi connectivity index (χ2n) is 12.1. The average molecular weight is 566 g/mol. The van der Waals surface area contributed by atoms with Gasteiger partial charge in [-0.2, -0.15) is 0 Å². The lowest BCUT2D eigenvalue weighted by molar-refractivity contribution is 0.00430. The van der Waals surface area contributed by atoms with Crippen LogP contribution >= 0.6 is 0 Å². The third-order valence-electron chi connectivity index (χ3n) is 9.78. The van der Waals surface area contributed by atoms with Crippen molar-refractivity contribution >= 4 is 32.3 Å². The second kappa shape index (κ2) is 10.4. The van der Waals surface area contributed by atoms with Crippen LogP contribution in [0.15, 0.2) is 115 Å². The van der Waals surface area contributed by atoms with Gasteiger partial charge in [0.2, 0.25) is 0 Å². The Morgan fingerprint density at radius 1 is 0.512 bits per heavy atom. The van der Waals surface area contributed by atoms with E-state index in [0.29, 0.717) is 0 Å². The van der Waals surface area contributed by atoms with E-state index in [1.165, 1.54) is 16.3 Å². The average Bonchev–Trinajstić information content (AvgIpc) is 3.57. The molecule has 3 aliphatic rings. The van der Waals surface area contributed by atoms with E-state index in [4.69, 9.17) is 10.2 Å². The van der Waals surface area contributed by atoms with Crippen LogP contribution in [0.4, 0.5) is 0 Å². The maximum atomic E-state index is 9.80. The Labute approximate surface area is 264 Å². The fourth-order valence-corrected chi connectivity index (χ4v) is 7.84. The lowest BCUT2D eigenvalue weighted by Crippen LogP contribution is -2.30. The molecule has 0 N–H and O–H groups in total. The first kappa shape index (κ1) is 19.4. The predicted octanol–water partition coefficient (Wildman–Crippen LogP) is 11.3. The summed E-state index contributed by atoms with van der Waals surface area (Å²) in [6.07, 6.45) is -8.48. The first-order valence-electron chi connectivity index (χ1n) is 19.4. The minimum atomic E-state index is -1.07. The van der Waals surface area contributed by atoms with E-state index in [0.717, 1.165) is 43.8 Å². The van der Waals surface area contributed by atoms with Gasteiger partial charge in [0.25, 0.3) is 0 Å². The SMILES string of the molecule is [2H]C1C([2H])C([2H])C2C(OC3C([2H])C([2H])C(c4c5ccccc5c(-c5ccc(-c6cccc7ccccc67)cc5)c5ccccc45)C([2H])C32)C1[2H]. The van der Waals surface area contributed by atoms with Crippen molar-refractivity contribution in [3.05, 3.63) is 121 Å². The molecule has 12 atom stereocenters. The summed E-state index contributed by atoms with van der Waals surface area (Å²) in [5, 5.41) is 6.36. The number of ether oxygens (including phenoxy) is 1. The highest BCUT2D eigenvalue weighted by Gasteiger charge is 2.48. The Kier molecular flexibility index (Phi) is 4.66. The number of hydrogen-bond acceptors (Lipinski definition) is 1. The van der Waals surface area contributed by atoms with Crippen LogP contribution in [-0.2, 0) is 4.74 Å². The van der Waals surface area contributed by atoms with Crippen molar-refractivity contribution in [3.63, 3.8) is 0 Å². The van der Waals surface area contributed by atoms with Crippen molar-refractivity contribution in [1.82, 2.24) is 0 Å². The summed E-state index contributed by atoms with van der Waals surface area (Å²) in [7, 11) is 0. The van der Waals surface area contributed by atoms with Crippen LogP contribution in [0.1, 0.15) is 65.9 Å². The molecule has 43 heavy (non-hydrogen) atoms. The van der Waals surface area contributed by atoms with Gasteiger partial charge in [-0.1, -0.05) is 128 Å². The van der Waals surface area contributed by atoms with Crippen molar-refractivity contribution in [1.29, 1.82) is 0 Å². The van der Waals surface area contributed by atoms with Crippen LogP contribution in [0.25, 0.3) is 54.6 Å². The van der Waals surface area contributed by atoms with Crippen LogP contribution in [0.5, 0.6) is 0 Å². The molecule has 6 aromatic rings. The highest BCUT2D eigenvalue weighted by molar-refractivity contribution is 6.15. The fraction of sp³-hybridized carbons (Fsp3) is 0.286. The van der Waals surface area contributed by atoms with Gasteiger partial charge in [0.05, 0.1) is 12.2 Å². The molecule has 3 fully saturated rings. The monoisotopic (exact) mass is 565 g/mol. The quantitative estimate of drug-likeness (QED) is 0.194. The summed E-state index contributed by atoms with van der Waals surface area (Å²) < 4.78 is 69.5. The normalized spacial score (nSPS) is 39.5. The minimum absolute atomic E-state index is 0.566. The van der Waals surface area contributed by atoms with Crippen LogP contribution in [0.3, 0.4) is 0 Å². The highest BCUT2D eigenvalue weighted by atomic mass is 16.5. The molecule has 0 amide bonds. The number of benzene rings is 6. The molecule has 1 heterocycles. The highest BCUT2D eigenvalue weighted by Crippen LogP contribution is 2.53. The molecule has 1 nitrogen and oxygen atoms in total. The summed E-state index contributed by atoms with van der Waals surface area (Å²) in [4.78, 5) is 0. The lowest BCUT2D eigenvalue weighted by Gasteiger charge is -2.35. The van der Waals surface area contributed by atoms with Gasteiger partial charge in [0.15, 0.2) is 0 Å². The number of fused-ring (bicyclic) bond motifs is 6. The van der Waals surface area contributed by atoms with E-state index in [1.54, 1.807) is 0 Å². The minimum Gasteiger partial charge on any atom is -0.374 e. The van der Waals surface area contributed by atoms with Crippen molar-refractivity contribution in [2.45, 2.75) is 62.9 Å². The van der Waals surface area contributed by atoms with Crippen molar-refractivity contribution in [3.8, 4) is 22.3 Å². The number of rotatable bonds is 3. The molecular weight excluding hydrogens is 520 g/mol. The van der Waals surface area contributed by atoms with E-state index < -0.39 is 74.7 Å². The van der Waals surface area contributed by atoms with Gasteiger partial charge in [-0.05, 0) is 110 Å². The Bertz CT molecular complexity index is 2180. The summed E-state index contributed by atoms with van der Waals surface area (Å²) >= 11 is 0. The largest absolute Gasteiger partial charge is 0.374 e. The standard InChI is InChI=1S/C42H38O/c1-2-12-31-27(10-1)11-9-18-32(31)28-20-22-29(23-21-28)41-34-14-3-5-16-36(34)42(37-17-6-4-15-35(37)41)30-24-25-40-38(26-30)33-13-7-8-19-39(33)43-40/h1-6,9-12,14-18,20-23,30,33,38-40H,7-8,13,19,24-26H2/i7D,8D,13D,19D,24D,25D,26D. The third kappa shape index (κ3) is 4.16. The summed E-state index contributed by atoms with van der Waals surface area (Å²) in [5.41, 5.74) is 5.35. The molecule has 1 saturated heterocycles. The second-order valence-corrected chi connectivity index (χ2v) is 12.1. The summed E-state index contributed by atoms with van der Waals surface area (Å²) in [6.45, 7) is 0. The number of hydrogen-bond donors (Lipinski definition) is 0. The summed E-state index contributed by atoms with van der Waals surface area (Å²) in [5.74, 6) is -1.80. The molecule has 0 bridgehead atoms. The molecule has 2 saturated carbocycles. The molecule has 12 unspecified atom stereocenters. The topological polar surface area (TPSA) is 9.23 Å². The Balaban J connectivity index is 1.19. The van der Waals surface area contributed by atoms with Gasteiger partial charge >= 0.3 is 0 Å². The molecule has 0 aromatic heterocycles. The van der Waals surface area contributed by atoms with E-state index in [1.807, 2.05) is 24.3 Å². The predicted molar refractivity (Wildman–Crippen MR) is 181 cm³/mol. The Morgan fingerprint density at radius 2 is 1.12 bits per heavy atom. The zero-order valence-corrected chi connectivity index (χ0v) is 23.8. The van der Waals surface area contributed by atoms with Crippen LogP contribution in [0.2, 0.25) is 0 Å². The Hall–Kier alpha value is -3.94. The molecule has 1 aliphatic heterocycles. The Morgan fingerprint density at radius 3 is 1.88 bits per heavy atom. The van der Waals surface area contributed by atoms with Crippen LogP contribution < -0.4 is 0 Å². The molecule has 212 valence electrons. The maximum absolute atomic E-state index is 9.80. The van der Waals surface area contributed by atoms with Gasteiger partial charge < -0.3 is 4.74 Å². The first-order chi connectivity index (χ1) is 24.3. The molecule has 9 rings (SSSR count). The van der Waals surface area contributed by atoms with Gasteiger partial charge in [-0.15, -0.1) is 0 Å². The zero-order valence-electron chi connectivity index (χ0n) is 30.8. The van der Waals surface area contributed by atoms with Gasteiger partial charge in [0.1, 0.15) is 0 Å². The van der Waals surface area contributed by atoms with Crippen LogP contribution in [-0.4, -0.2) is 12.2 Å². The smallest absolute Gasteiger partial charge is 0.0611 e. The van der Waals surface area contributed by atoms with Crippen molar-refractivity contribution in [2.24, 2.45) is 11.8 Å². The molecular formula is C42H38O. The lowest BCUT2D eigenvalue weighted by atomic mass is 9.68. The van der Waals surface area contributed by atoms with Crippen molar-refractivity contribution < 1.29 is 14.3 Å². The van der Waals surface area contributed by atoms with E-state index in [2.05, 4.69) is 91.0 Å². The van der Waals surface area contributed by atoms with E-state index >= 15 is 0 Å². The van der Waals surface area contributed by atoms with Crippen molar-refractivity contribution in [2.75, 3.05) is 0 Å². The fourth-order valence-electron chi connectivity index (χ4n) is 7.84. The van der Waals surface area contributed by atoms with Gasteiger partial charge in [-0.25, -0.2) is 0 Å². The third-order valence-corrected chi connectivity index (χ3v) is 9.78. The van der Waals surface area contributed by atoms with E-state index in [9.17, 15) is 4.11 Å². The molecule has 0 radical (unpaired) electrons. The maximum Gasteiger partial charge on any atom is 0.0611 e. The van der Waals surface area contributed by atoms with Gasteiger partial charge in [-0.3, -0.25) is 0 Å². The summed E-state index contributed by atoms with van der Waals surface area (Å²) in [6, 6.07) is 39.9. The van der Waals surface area contributed by atoms with E-state index in [-0.39, 0.29) is 0 Å². The molecule has 2 aliphatic carbocycles.